The number of rotatable bonds is 4. The Morgan fingerprint density at radius 2 is 1.00 bits per heavy atom. The fourth-order valence-corrected chi connectivity index (χ4v) is 0.964. The molecule has 0 unspecified atom stereocenters. The molecule has 0 aromatic carbocycles. The molecule has 0 atom stereocenters. The third kappa shape index (κ3) is 12.6. The smallest absolute Gasteiger partial charge is 0.174 e. The highest BCUT2D eigenvalue weighted by Gasteiger charge is 2.14. The second kappa shape index (κ2) is 5.46. The van der Waals surface area contributed by atoms with Crippen molar-refractivity contribution in [3.63, 3.8) is 0 Å². The Balaban J connectivity index is 3.28. The summed E-state index contributed by atoms with van der Waals surface area (Å²) >= 11 is 1.88. The second-order valence-corrected chi connectivity index (χ2v) is 5.75. The number of hydrogen-bond donors (Lipinski definition) is 0. The van der Waals surface area contributed by atoms with Gasteiger partial charge in [-0.1, -0.05) is 0 Å². The minimum Gasteiger partial charge on any atom is -0.285 e. The molecule has 0 aliphatic heterocycles. The summed E-state index contributed by atoms with van der Waals surface area (Å²) in [6, 6.07) is 0. The Morgan fingerprint density at radius 3 is 1.23 bits per heavy atom. The van der Waals surface area contributed by atoms with E-state index in [9.17, 15) is 0 Å². The zero-order chi connectivity index (χ0) is 10.5. The maximum atomic E-state index is 5.24. The van der Waals surface area contributed by atoms with Gasteiger partial charge in [-0.3, -0.25) is 8.37 Å². The van der Waals surface area contributed by atoms with Crippen LogP contribution in [0.25, 0.3) is 0 Å². The van der Waals surface area contributed by atoms with E-state index in [2.05, 4.69) is 0 Å². The van der Waals surface area contributed by atoms with Gasteiger partial charge in [0.05, 0.1) is 11.2 Å². The molecular formula is C8H18O3S2. The van der Waals surface area contributed by atoms with Crippen molar-refractivity contribution in [3.8, 4) is 0 Å². The predicted octanol–water partition coefficient (Wildman–Crippen LogP) is 3.76. The molecule has 0 aromatic heterocycles. The van der Waals surface area contributed by atoms with Crippen molar-refractivity contribution in [2.45, 2.75) is 52.7 Å². The van der Waals surface area contributed by atoms with E-state index in [0.29, 0.717) is 0 Å². The van der Waals surface area contributed by atoms with Crippen LogP contribution >= 0.6 is 24.6 Å². The van der Waals surface area contributed by atoms with Gasteiger partial charge in [0, 0.05) is 0 Å². The average Bonchev–Trinajstić information content (AvgIpc) is 1.81. The second-order valence-electron chi connectivity index (χ2n) is 4.60. The van der Waals surface area contributed by atoms with Crippen molar-refractivity contribution >= 4 is 24.6 Å². The lowest BCUT2D eigenvalue weighted by Crippen LogP contribution is -2.15. The lowest BCUT2D eigenvalue weighted by Gasteiger charge is -2.18. The quantitative estimate of drug-likeness (QED) is 0.537. The van der Waals surface area contributed by atoms with E-state index in [1.54, 1.807) is 0 Å². The van der Waals surface area contributed by atoms with Gasteiger partial charge < -0.3 is 0 Å². The van der Waals surface area contributed by atoms with E-state index in [0.717, 1.165) is 24.6 Å². The Morgan fingerprint density at radius 1 is 0.692 bits per heavy atom. The molecular weight excluding hydrogens is 208 g/mol. The number of hydrogen-bond acceptors (Lipinski definition) is 5. The van der Waals surface area contributed by atoms with Crippen LogP contribution in [0.15, 0.2) is 0 Å². The first-order valence-corrected chi connectivity index (χ1v) is 5.41. The minimum atomic E-state index is -0.201. The molecule has 13 heavy (non-hydrogen) atoms. The summed E-state index contributed by atoms with van der Waals surface area (Å²) in [5, 5.41) is 0. The minimum absolute atomic E-state index is 0.201. The van der Waals surface area contributed by atoms with Crippen LogP contribution in [0.2, 0.25) is 0 Å². The molecule has 80 valence electrons. The van der Waals surface area contributed by atoms with Gasteiger partial charge in [0.2, 0.25) is 0 Å². The van der Waals surface area contributed by atoms with Crippen molar-refractivity contribution in [2.75, 3.05) is 0 Å². The molecule has 0 fully saturated rings. The van der Waals surface area contributed by atoms with Gasteiger partial charge in [-0.2, -0.15) is 3.63 Å². The third-order valence-electron chi connectivity index (χ3n) is 0.624. The normalized spacial score (nSPS) is 13.4. The molecule has 0 aromatic rings. The maximum absolute atomic E-state index is 5.24. The highest BCUT2D eigenvalue weighted by molar-refractivity contribution is 8.03. The van der Waals surface area contributed by atoms with Crippen LogP contribution in [0.4, 0.5) is 0 Å². The van der Waals surface area contributed by atoms with E-state index in [1.165, 1.54) is 0 Å². The van der Waals surface area contributed by atoms with Crippen LogP contribution in [0, 0.1) is 0 Å². The van der Waals surface area contributed by atoms with Crippen molar-refractivity contribution in [1.82, 2.24) is 0 Å². The van der Waals surface area contributed by atoms with Gasteiger partial charge in [-0.15, -0.1) is 0 Å². The summed E-state index contributed by atoms with van der Waals surface area (Å²) in [4.78, 5) is 0. The molecule has 0 heterocycles. The Hall–Kier alpha value is 0.580. The lowest BCUT2D eigenvalue weighted by molar-refractivity contribution is 0.143. The van der Waals surface area contributed by atoms with Gasteiger partial charge in [-0.05, 0) is 41.5 Å². The zero-order valence-corrected chi connectivity index (χ0v) is 10.7. The molecule has 3 nitrogen and oxygen atoms in total. The molecule has 0 spiro atoms. The molecule has 0 saturated carbocycles. The van der Waals surface area contributed by atoms with Gasteiger partial charge in [0.25, 0.3) is 0 Å². The van der Waals surface area contributed by atoms with Crippen LogP contribution < -0.4 is 0 Å². The molecule has 0 amide bonds. The summed E-state index contributed by atoms with van der Waals surface area (Å²) in [5.74, 6) is 0. The van der Waals surface area contributed by atoms with Gasteiger partial charge in [-0.25, -0.2) is 0 Å². The topological polar surface area (TPSA) is 27.7 Å². The van der Waals surface area contributed by atoms with Crippen molar-refractivity contribution in [1.29, 1.82) is 0 Å². The molecule has 0 N–H and O–H groups in total. The van der Waals surface area contributed by atoms with E-state index in [1.807, 2.05) is 41.5 Å². The largest absolute Gasteiger partial charge is 0.285 e. The fourth-order valence-electron chi connectivity index (χ4n) is 0.243. The van der Waals surface area contributed by atoms with Crippen LogP contribution in [-0.4, -0.2) is 11.2 Å². The van der Waals surface area contributed by atoms with Crippen molar-refractivity contribution in [2.24, 2.45) is 0 Å². The van der Waals surface area contributed by atoms with Crippen LogP contribution in [0.3, 0.4) is 0 Å². The van der Waals surface area contributed by atoms with Crippen LogP contribution in [0.1, 0.15) is 41.5 Å². The van der Waals surface area contributed by atoms with Crippen LogP contribution in [-0.2, 0) is 12.0 Å². The third-order valence-corrected chi connectivity index (χ3v) is 2.20. The highest BCUT2D eigenvalue weighted by atomic mass is 32.3. The average molecular weight is 226 g/mol. The van der Waals surface area contributed by atoms with E-state index in [4.69, 9.17) is 12.0 Å². The van der Waals surface area contributed by atoms with Crippen molar-refractivity contribution < 1.29 is 12.0 Å². The monoisotopic (exact) mass is 226 g/mol. The summed E-state index contributed by atoms with van der Waals surface area (Å²) in [6.45, 7) is 11.7. The molecule has 0 aliphatic carbocycles. The Kier molecular flexibility index (Phi) is 5.70. The van der Waals surface area contributed by atoms with Gasteiger partial charge in [0.15, 0.2) is 24.6 Å². The Labute approximate surface area is 89.7 Å². The van der Waals surface area contributed by atoms with Gasteiger partial charge >= 0.3 is 0 Å². The summed E-state index contributed by atoms with van der Waals surface area (Å²) in [6.07, 6.45) is 0. The Bertz CT molecular complexity index is 121. The summed E-state index contributed by atoms with van der Waals surface area (Å²) < 4.78 is 15.4. The van der Waals surface area contributed by atoms with E-state index in [-0.39, 0.29) is 11.2 Å². The molecule has 0 bridgehead atoms. The SMILES string of the molecule is CC(C)(C)OSOSOC(C)(C)C. The van der Waals surface area contributed by atoms with Crippen molar-refractivity contribution in [3.05, 3.63) is 0 Å². The molecule has 5 heteroatoms. The molecule has 0 aliphatic rings. The first-order valence-electron chi connectivity index (χ1n) is 4.07. The molecule has 0 rings (SSSR count). The highest BCUT2D eigenvalue weighted by Crippen LogP contribution is 2.26. The zero-order valence-electron chi connectivity index (χ0n) is 9.04. The fraction of sp³-hybridized carbons (Fsp3) is 1.00. The van der Waals surface area contributed by atoms with Gasteiger partial charge in [0.1, 0.15) is 0 Å². The van der Waals surface area contributed by atoms with E-state index >= 15 is 0 Å². The first-order chi connectivity index (χ1) is 5.71. The predicted molar refractivity (Wildman–Crippen MR) is 57.9 cm³/mol. The standard InChI is InChI=1S/C8H18O3S2/c1-7(2,3)9-12-11-13-10-8(4,5)6/h1-6H3. The molecule has 0 saturated heterocycles. The maximum Gasteiger partial charge on any atom is 0.174 e. The summed E-state index contributed by atoms with van der Waals surface area (Å²) in [7, 11) is 0. The first kappa shape index (κ1) is 13.6. The van der Waals surface area contributed by atoms with Crippen LogP contribution in [0.5, 0.6) is 0 Å². The molecule has 0 radical (unpaired) electrons. The van der Waals surface area contributed by atoms with E-state index < -0.39 is 0 Å². The lowest BCUT2D eigenvalue weighted by atomic mass is 10.2. The summed E-state index contributed by atoms with van der Waals surface area (Å²) in [5.41, 5.74) is -0.403.